The molecule has 1 atom stereocenters. The number of nitrogens with one attached hydrogen (secondary N) is 1. The van der Waals surface area contributed by atoms with E-state index in [1.54, 1.807) is 6.26 Å². The molecule has 1 aliphatic rings. The molecule has 0 spiro atoms. The van der Waals surface area contributed by atoms with Gasteiger partial charge in [-0.15, -0.1) is 11.3 Å². The fourth-order valence-corrected chi connectivity index (χ4v) is 3.70. The number of guanidine groups is 1. The summed E-state index contributed by atoms with van der Waals surface area (Å²) in [6, 6.07) is 6.24. The predicted molar refractivity (Wildman–Crippen MR) is 97.4 cm³/mol. The molecule has 1 unspecified atom stereocenters. The highest BCUT2D eigenvalue weighted by Crippen LogP contribution is 2.19. The van der Waals surface area contributed by atoms with Gasteiger partial charge in [-0.1, -0.05) is 18.1 Å². The third-order valence-electron chi connectivity index (χ3n) is 4.36. The normalized spacial score (nSPS) is 17.9. The smallest absolute Gasteiger partial charge is 0.193 e. The third kappa shape index (κ3) is 4.36. The van der Waals surface area contributed by atoms with E-state index in [9.17, 15) is 0 Å². The van der Waals surface area contributed by atoms with Crippen LogP contribution in [-0.2, 0) is 6.54 Å². The van der Waals surface area contributed by atoms with Crippen LogP contribution >= 0.6 is 11.3 Å². The molecular formula is C17H25N5OS. The summed E-state index contributed by atoms with van der Waals surface area (Å²) in [7, 11) is 1.86. The Hall–Kier alpha value is -1.86. The molecule has 0 aliphatic carbocycles. The maximum absolute atomic E-state index is 4.90. The molecule has 2 aromatic heterocycles. The van der Waals surface area contributed by atoms with E-state index < -0.39 is 0 Å². The minimum atomic E-state index is 0.496. The van der Waals surface area contributed by atoms with Crippen molar-refractivity contribution in [3.63, 3.8) is 0 Å². The number of nitrogens with zero attached hydrogens (tertiary/aromatic N) is 4. The van der Waals surface area contributed by atoms with E-state index in [1.165, 1.54) is 4.88 Å². The summed E-state index contributed by atoms with van der Waals surface area (Å²) >= 11 is 1.81. The topological polar surface area (TPSA) is 56.9 Å². The van der Waals surface area contributed by atoms with Crippen molar-refractivity contribution in [3.05, 3.63) is 40.4 Å². The summed E-state index contributed by atoms with van der Waals surface area (Å²) in [6.07, 6.45) is 1.63. The maximum Gasteiger partial charge on any atom is 0.193 e. The van der Waals surface area contributed by atoms with Gasteiger partial charge in [-0.05, 0) is 11.4 Å². The van der Waals surface area contributed by atoms with Gasteiger partial charge >= 0.3 is 0 Å². The molecule has 0 radical (unpaired) electrons. The lowest BCUT2D eigenvalue weighted by Crippen LogP contribution is -2.52. The summed E-state index contributed by atoms with van der Waals surface area (Å²) in [5.74, 6) is 1.50. The number of piperazine rings is 1. The van der Waals surface area contributed by atoms with E-state index in [0.717, 1.165) is 50.9 Å². The summed E-state index contributed by atoms with van der Waals surface area (Å²) in [4.78, 5) is 10.6. The van der Waals surface area contributed by atoms with Gasteiger partial charge in [0.25, 0.3) is 0 Å². The van der Waals surface area contributed by atoms with Crippen LogP contribution in [0.2, 0.25) is 0 Å². The molecule has 0 amide bonds. The van der Waals surface area contributed by atoms with Gasteiger partial charge < -0.3 is 14.7 Å². The Balaban J connectivity index is 1.45. The average molecular weight is 347 g/mol. The molecule has 0 saturated carbocycles. The fourth-order valence-electron chi connectivity index (χ4n) is 2.91. The van der Waals surface area contributed by atoms with E-state index >= 15 is 0 Å². The molecule has 130 valence electrons. The van der Waals surface area contributed by atoms with Crippen molar-refractivity contribution < 1.29 is 4.52 Å². The van der Waals surface area contributed by atoms with Crippen LogP contribution in [0.5, 0.6) is 0 Å². The second kappa shape index (κ2) is 8.30. The van der Waals surface area contributed by atoms with Crippen molar-refractivity contribution in [1.82, 2.24) is 20.3 Å². The molecular weight excluding hydrogens is 322 g/mol. The number of hydrogen-bond acceptors (Lipinski definition) is 5. The Morgan fingerprint density at radius 2 is 2.21 bits per heavy atom. The predicted octanol–water partition coefficient (Wildman–Crippen LogP) is 2.23. The van der Waals surface area contributed by atoms with Crippen LogP contribution < -0.4 is 5.32 Å². The lowest BCUT2D eigenvalue weighted by molar-refractivity contribution is 0.169. The minimum Gasteiger partial charge on any atom is -0.364 e. The number of hydrogen-bond donors (Lipinski definition) is 1. The van der Waals surface area contributed by atoms with Crippen LogP contribution in [-0.4, -0.2) is 60.7 Å². The zero-order valence-corrected chi connectivity index (χ0v) is 15.1. The van der Waals surface area contributed by atoms with E-state index in [2.05, 4.69) is 49.7 Å². The Morgan fingerprint density at radius 3 is 2.83 bits per heavy atom. The molecule has 1 aliphatic heterocycles. The van der Waals surface area contributed by atoms with Crippen LogP contribution in [0.4, 0.5) is 0 Å². The van der Waals surface area contributed by atoms with Crippen LogP contribution in [0.25, 0.3) is 0 Å². The molecule has 1 N–H and O–H groups in total. The Labute approximate surface area is 147 Å². The number of aromatic nitrogens is 1. The third-order valence-corrected chi connectivity index (χ3v) is 5.46. The molecule has 1 fully saturated rings. The maximum atomic E-state index is 4.90. The van der Waals surface area contributed by atoms with Crippen molar-refractivity contribution in [2.24, 2.45) is 4.99 Å². The number of thiophene rings is 1. The standard InChI is InChI=1S/C17H25N5OS/c1-14(16-4-3-11-24-16)12-19-17(18-2)22-8-6-21(7-9-22)13-15-5-10-23-20-15/h3-5,10-11,14H,6-9,12-13H2,1-2H3,(H,18,19). The fraction of sp³-hybridized carbons (Fsp3) is 0.529. The summed E-state index contributed by atoms with van der Waals surface area (Å²) in [5, 5.41) is 9.65. The van der Waals surface area contributed by atoms with Gasteiger partial charge in [-0.25, -0.2) is 0 Å². The first-order valence-electron chi connectivity index (χ1n) is 8.37. The second-order valence-corrected chi connectivity index (χ2v) is 7.08. The highest BCUT2D eigenvalue weighted by molar-refractivity contribution is 7.10. The van der Waals surface area contributed by atoms with Gasteiger partial charge in [-0.3, -0.25) is 9.89 Å². The van der Waals surface area contributed by atoms with E-state index in [0.29, 0.717) is 5.92 Å². The molecule has 6 nitrogen and oxygen atoms in total. The van der Waals surface area contributed by atoms with Gasteiger partial charge in [-0.2, -0.15) is 0 Å². The van der Waals surface area contributed by atoms with Gasteiger partial charge in [0.15, 0.2) is 5.96 Å². The van der Waals surface area contributed by atoms with Crippen molar-refractivity contribution in [2.45, 2.75) is 19.4 Å². The van der Waals surface area contributed by atoms with Gasteiger partial charge in [0.05, 0.1) is 5.69 Å². The lowest BCUT2D eigenvalue weighted by atomic mass is 10.1. The molecule has 7 heteroatoms. The zero-order chi connectivity index (χ0) is 16.8. The Kier molecular flexibility index (Phi) is 5.87. The van der Waals surface area contributed by atoms with Gasteiger partial charge in [0, 0.05) is 63.2 Å². The van der Waals surface area contributed by atoms with E-state index in [-0.39, 0.29) is 0 Å². The molecule has 3 heterocycles. The van der Waals surface area contributed by atoms with Crippen molar-refractivity contribution in [3.8, 4) is 0 Å². The Bertz CT molecular complexity index is 617. The lowest BCUT2D eigenvalue weighted by Gasteiger charge is -2.36. The second-order valence-electron chi connectivity index (χ2n) is 6.10. The Morgan fingerprint density at radius 1 is 1.38 bits per heavy atom. The molecule has 0 bridgehead atoms. The first-order chi connectivity index (χ1) is 11.8. The summed E-state index contributed by atoms with van der Waals surface area (Å²) < 4.78 is 4.90. The van der Waals surface area contributed by atoms with E-state index in [1.807, 2.05) is 24.5 Å². The average Bonchev–Trinajstić information content (AvgIpc) is 3.30. The van der Waals surface area contributed by atoms with Crippen LogP contribution in [0.15, 0.2) is 39.4 Å². The summed E-state index contributed by atoms with van der Waals surface area (Å²) in [6.45, 7) is 7.98. The van der Waals surface area contributed by atoms with Crippen molar-refractivity contribution >= 4 is 17.3 Å². The molecule has 2 aromatic rings. The SMILES string of the molecule is CN=C(NCC(C)c1cccs1)N1CCN(Cc2ccon2)CC1. The van der Waals surface area contributed by atoms with E-state index in [4.69, 9.17) is 4.52 Å². The molecule has 1 saturated heterocycles. The molecule has 0 aromatic carbocycles. The zero-order valence-electron chi connectivity index (χ0n) is 14.3. The minimum absolute atomic E-state index is 0.496. The first kappa shape index (κ1) is 17.0. The summed E-state index contributed by atoms with van der Waals surface area (Å²) in [5.41, 5.74) is 0.996. The highest BCUT2D eigenvalue weighted by atomic mass is 32.1. The first-order valence-corrected chi connectivity index (χ1v) is 9.25. The van der Waals surface area contributed by atoms with Crippen LogP contribution in [0.1, 0.15) is 23.4 Å². The number of aliphatic imine (C=N–C) groups is 1. The van der Waals surface area contributed by atoms with Gasteiger partial charge in [0.2, 0.25) is 0 Å². The largest absolute Gasteiger partial charge is 0.364 e. The quantitative estimate of drug-likeness (QED) is 0.664. The van der Waals surface area contributed by atoms with Crippen molar-refractivity contribution in [2.75, 3.05) is 39.8 Å². The van der Waals surface area contributed by atoms with Crippen molar-refractivity contribution in [1.29, 1.82) is 0 Å². The molecule has 24 heavy (non-hydrogen) atoms. The monoisotopic (exact) mass is 347 g/mol. The molecule has 3 rings (SSSR count). The number of rotatable bonds is 5. The van der Waals surface area contributed by atoms with Crippen LogP contribution in [0.3, 0.4) is 0 Å². The van der Waals surface area contributed by atoms with Gasteiger partial charge in [0.1, 0.15) is 6.26 Å². The highest BCUT2D eigenvalue weighted by Gasteiger charge is 2.20. The van der Waals surface area contributed by atoms with Crippen LogP contribution in [0, 0.1) is 0 Å².